The molecule has 2 N–H and O–H groups in total. The number of hydrogen-bond acceptors (Lipinski definition) is 3. The van der Waals surface area contributed by atoms with E-state index in [0.29, 0.717) is 12.2 Å². The highest BCUT2D eigenvalue weighted by molar-refractivity contribution is 7.98. The van der Waals surface area contributed by atoms with Crippen LogP contribution in [-0.2, 0) is 4.79 Å². The van der Waals surface area contributed by atoms with Gasteiger partial charge in [0.2, 0.25) is 5.91 Å². The molecule has 0 spiro atoms. The average Bonchev–Trinajstić information content (AvgIpc) is 2.46. The molecular weight excluding hydrogens is 198 g/mol. The molecule has 0 saturated heterocycles. The van der Waals surface area contributed by atoms with E-state index in [-0.39, 0.29) is 5.91 Å². The lowest BCUT2D eigenvalue weighted by molar-refractivity contribution is -0.115. The predicted octanol–water partition coefficient (Wildman–Crippen LogP) is 1.72. The van der Waals surface area contributed by atoms with Crippen molar-refractivity contribution < 1.29 is 4.79 Å². The van der Waals surface area contributed by atoms with E-state index in [1.165, 1.54) is 0 Å². The summed E-state index contributed by atoms with van der Waals surface area (Å²) in [5.41, 5.74) is 1.99. The highest BCUT2D eigenvalue weighted by Crippen LogP contribution is 2.13. The third kappa shape index (κ3) is 2.77. The van der Waals surface area contributed by atoms with Gasteiger partial charge in [-0.05, 0) is 20.1 Å². The van der Waals surface area contributed by atoms with Crippen LogP contribution in [0.2, 0.25) is 0 Å². The maximum Gasteiger partial charge on any atom is 0.226 e. The summed E-state index contributed by atoms with van der Waals surface area (Å²) in [6.07, 6.45) is 2.52. The molecule has 14 heavy (non-hydrogen) atoms. The van der Waals surface area contributed by atoms with Gasteiger partial charge in [0, 0.05) is 23.4 Å². The van der Waals surface area contributed by atoms with Crippen molar-refractivity contribution >= 4 is 23.5 Å². The lowest BCUT2D eigenvalue weighted by atomic mass is 10.3. The molecule has 0 bridgehead atoms. The van der Waals surface area contributed by atoms with Crippen molar-refractivity contribution in [2.45, 2.75) is 20.3 Å². The van der Waals surface area contributed by atoms with Crippen LogP contribution in [0, 0.1) is 13.8 Å². The summed E-state index contributed by atoms with van der Waals surface area (Å²) in [5.74, 6) is 1.51. The van der Waals surface area contributed by atoms with Gasteiger partial charge in [0.15, 0.2) is 5.82 Å². The molecule has 0 atom stereocenters. The van der Waals surface area contributed by atoms with Crippen LogP contribution in [0.4, 0.5) is 5.82 Å². The Balaban J connectivity index is 2.52. The zero-order valence-electron chi connectivity index (χ0n) is 8.68. The Kier molecular flexibility index (Phi) is 4.00. The lowest BCUT2D eigenvalue weighted by Crippen LogP contribution is -2.13. The Morgan fingerprint density at radius 3 is 2.79 bits per heavy atom. The number of thioether (sulfide) groups is 1. The quantitative estimate of drug-likeness (QED) is 0.800. The van der Waals surface area contributed by atoms with Crippen LogP contribution < -0.4 is 5.32 Å². The first-order valence-corrected chi connectivity index (χ1v) is 5.85. The van der Waals surface area contributed by atoms with Crippen LogP contribution >= 0.6 is 11.8 Å². The summed E-state index contributed by atoms with van der Waals surface area (Å²) in [4.78, 5) is 11.4. The summed E-state index contributed by atoms with van der Waals surface area (Å²) < 4.78 is 0. The number of amides is 1. The number of carbonyl (C=O) groups is 1. The maximum absolute atomic E-state index is 11.4. The number of aromatic amines is 1. The molecule has 1 rings (SSSR count). The number of aromatic nitrogens is 2. The highest BCUT2D eigenvalue weighted by Gasteiger charge is 2.08. The van der Waals surface area contributed by atoms with E-state index >= 15 is 0 Å². The Labute approximate surface area is 87.9 Å². The molecule has 0 unspecified atom stereocenters. The smallest absolute Gasteiger partial charge is 0.226 e. The monoisotopic (exact) mass is 213 g/mol. The number of nitrogens with one attached hydrogen (secondary N) is 2. The number of anilines is 1. The summed E-state index contributed by atoms with van der Waals surface area (Å²) in [7, 11) is 0. The van der Waals surface area contributed by atoms with Crippen molar-refractivity contribution in [2.24, 2.45) is 0 Å². The molecule has 4 nitrogen and oxygen atoms in total. The van der Waals surface area contributed by atoms with E-state index in [4.69, 9.17) is 0 Å². The van der Waals surface area contributed by atoms with Crippen LogP contribution in [0.15, 0.2) is 0 Å². The van der Waals surface area contributed by atoms with Gasteiger partial charge >= 0.3 is 0 Å². The first-order chi connectivity index (χ1) is 6.65. The Morgan fingerprint density at radius 1 is 1.57 bits per heavy atom. The van der Waals surface area contributed by atoms with Crippen molar-refractivity contribution in [1.29, 1.82) is 0 Å². The fraction of sp³-hybridized carbons (Fsp3) is 0.556. The third-order valence-electron chi connectivity index (χ3n) is 2.04. The average molecular weight is 213 g/mol. The Bertz CT molecular complexity index is 322. The van der Waals surface area contributed by atoms with Crippen molar-refractivity contribution in [3.63, 3.8) is 0 Å². The van der Waals surface area contributed by atoms with Crippen molar-refractivity contribution in [1.82, 2.24) is 10.2 Å². The summed E-state index contributed by atoms with van der Waals surface area (Å²) in [6.45, 7) is 3.86. The second kappa shape index (κ2) is 5.05. The van der Waals surface area contributed by atoms with E-state index in [0.717, 1.165) is 17.0 Å². The van der Waals surface area contributed by atoms with E-state index in [1.807, 2.05) is 20.1 Å². The number of carbonyl (C=O) groups excluding carboxylic acids is 1. The number of hydrogen-bond donors (Lipinski definition) is 2. The van der Waals surface area contributed by atoms with Gasteiger partial charge in [0.25, 0.3) is 0 Å². The first-order valence-electron chi connectivity index (χ1n) is 4.45. The maximum atomic E-state index is 11.4. The molecule has 5 heteroatoms. The van der Waals surface area contributed by atoms with Gasteiger partial charge < -0.3 is 5.32 Å². The minimum atomic E-state index is 0.0222. The normalized spacial score (nSPS) is 10.2. The van der Waals surface area contributed by atoms with E-state index in [2.05, 4.69) is 15.5 Å². The van der Waals surface area contributed by atoms with Crippen molar-refractivity contribution in [3.8, 4) is 0 Å². The summed E-state index contributed by atoms with van der Waals surface area (Å²) in [5, 5.41) is 9.60. The van der Waals surface area contributed by atoms with Gasteiger partial charge in [-0.15, -0.1) is 0 Å². The van der Waals surface area contributed by atoms with Gasteiger partial charge in [-0.2, -0.15) is 16.9 Å². The topological polar surface area (TPSA) is 57.8 Å². The predicted molar refractivity (Wildman–Crippen MR) is 59.7 cm³/mol. The molecule has 0 aliphatic heterocycles. The number of aryl methyl sites for hydroxylation is 1. The van der Waals surface area contributed by atoms with E-state index in [1.54, 1.807) is 11.8 Å². The van der Waals surface area contributed by atoms with Gasteiger partial charge in [0.05, 0.1) is 0 Å². The number of nitrogens with zero attached hydrogens (tertiary/aromatic N) is 1. The lowest BCUT2D eigenvalue weighted by Gasteiger charge is -2.01. The van der Waals surface area contributed by atoms with E-state index < -0.39 is 0 Å². The van der Waals surface area contributed by atoms with Gasteiger partial charge in [-0.25, -0.2) is 0 Å². The molecular formula is C9H15N3OS. The number of rotatable bonds is 4. The van der Waals surface area contributed by atoms with Gasteiger partial charge in [0.1, 0.15) is 0 Å². The highest BCUT2D eigenvalue weighted by atomic mass is 32.2. The molecule has 1 amide bonds. The SMILES string of the molecule is CSCCC(=O)Nc1n[nH]c(C)c1C. The molecule has 1 aromatic rings. The van der Waals surface area contributed by atoms with E-state index in [9.17, 15) is 4.79 Å². The van der Waals surface area contributed by atoms with Crippen molar-refractivity contribution in [3.05, 3.63) is 11.3 Å². The van der Waals surface area contributed by atoms with Crippen LogP contribution in [0.3, 0.4) is 0 Å². The summed E-state index contributed by atoms with van der Waals surface area (Å²) in [6, 6.07) is 0. The second-order valence-electron chi connectivity index (χ2n) is 3.11. The molecule has 1 aromatic heterocycles. The third-order valence-corrected chi connectivity index (χ3v) is 2.66. The number of H-pyrrole nitrogens is 1. The van der Waals surface area contributed by atoms with Crippen LogP contribution in [-0.4, -0.2) is 28.1 Å². The fourth-order valence-electron chi connectivity index (χ4n) is 0.996. The van der Waals surface area contributed by atoms with Gasteiger partial charge in [-0.3, -0.25) is 9.89 Å². The Hall–Kier alpha value is -0.970. The summed E-state index contributed by atoms with van der Waals surface area (Å²) >= 11 is 1.66. The fourth-order valence-corrected chi connectivity index (χ4v) is 1.39. The minimum absolute atomic E-state index is 0.0222. The Morgan fingerprint density at radius 2 is 2.29 bits per heavy atom. The standard InChI is InChI=1S/C9H15N3OS/c1-6-7(2)11-12-9(6)10-8(13)4-5-14-3/h4-5H2,1-3H3,(H2,10,11,12,13). The minimum Gasteiger partial charge on any atom is -0.309 e. The molecule has 78 valence electrons. The van der Waals surface area contributed by atoms with Crippen LogP contribution in [0.25, 0.3) is 0 Å². The van der Waals surface area contributed by atoms with Crippen LogP contribution in [0.1, 0.15) is 17.7 Å². The first kappa shape index (κ1) is 11.1. The zero-order chi connectivity index (χ0) is 10.6. The molecule has 1 heterocycles. The molecule has 0 aliphatic rings. The zero-order valence-corrected chi connectivity index (χ0v) is 9.49. The molecule has 0 aromatic carbocycles. The molecule has 0 radical (unpaired) electrons. The molecule has 0 aliphatic carbocycles. The van der Waals surface area contributed by atoms with Gasteiger partial charge in [-0.1, -0.05) is 0 Å². The second-order valence-corrected chi connectivity index (χ2v) is 4.10. The molecule has 0 saturated carbocycles. The van der Waals surface area contributed by atoms with Crippen LogP contribution in [0.5, 0.6) is 0 Å². The molecule has 0 fully saturated rings. The largest absolute Gasteiger partial charge is 0.309 e. The van der Waals surface area contributed by atoms with Crippen molar-refractivity contribution in [2.75, 3.05) is 17.3 Å².